The Hall–Kier alpha value is -0.780. The number of hydrogen-bond donors (Lipinski definition) is 3. The van der Waals surface area contributed by atoms with Gasteiger partial charge in [0, 0.05) is 0 Å². The number of hydrogen-bond acceptors (Lipinski definition) is 3. The zero-order chi connectivity index (χ0) is 15.2. The van der Waals surface area contributed by atoms with Crippen LogP contribution in [0.5, 0.6) is 0 Å². The van der Waals surface area contributed by atoms with E-state index < -0.39 is 22.1 Å². The molecule has 0 rings (SSSR count). The van der Waals surface area contributed by atoms with Crippen molar-refractivity contribution >= 4 is 16.7 Å². The zero-order valence-electron chi connectivity index (χ0n) is 12.6. The van der Waals surface area contributed by atoms with Crippen molar-refractivity contribution in [3.63, 3.8) is 0 Å². The van der Waals surface area contributed by atoms with E-state index in [1.165, 1.54) is 44.9 Å². The lowest BCUT2D eigenvalue weighted by molar-refractivity contribution is 0.247. The van der Waals surface area contributed by atoms with Crippen LogP contribution in [0, 0.1) is 0 Å². The summed E-state index contributed by atoms with van der Waals surface area (Å²) in [7, 11) is -2.64. The molecule has 1 atom stereocenters. The van der Waals surface area contributed by atoms with Crippen LogP contribution in [0.15, 0.2) is 0 Å². The molecule has 0 aliphatic carbocycles. The first-order valence-electron chi connectivity index (χ1n) is 7.77. The van der Waals surface area contributed by atoms with Crippen LogP contribution in [-0.2, 0) is 10.7 Å². The number of unbranched alkanes of at least 4 members (excludes halogenated alkanes) is 9. The molecule has 0 saturated heterocycles. The topological polar surface area (TPSA) is 89.3 Å². The first-order chi connectivity index (χ1) is 9.57. The monoisotopic (exact) mass is 306 g/mol. The Kier molecular flexibility index (Phi) is 12.7. The second-order valence-electron chi connectivity index (χ2n) is 5.28. The average Bonchev–Trinajstić information content (AvgIpc) is 2.39. The lowest BCUT2D eigenvalue weighted by Gasteiger charge is -2.10. The minimum atomic E-state index is -2.64. The van der Waals surface area contributed by atoms with Crippen molar-refractivity contribution in [2.75, 3.05) is 0 Å². The quantitative estimate of drug-likeness (QED) is 0.361. The number of thiol groups is 1. The molecule has 20 heavy (non-hydrogen) atoms. The summed E-state index contributed by atoms with van der Waals surface area (Å²) >= 11 is 0. The number of urea groups is 1. The molecule has 0 bridgehead atoms. The van der Waals surface area contributed by atoms with Gasteiger partial charge in [-0.05, 0) is 6.42 Å². The Morgan fingerprint density at radius 3 is 1.80 bits per heavy atom. The van der Waals surface area contributed by atoms with Gasteiger partial charge in [-0.1, -0.05) is 71.1 Å². The van der Waals surface area contributed by atoms with Gasteiger partial charge in [-0.3, -0.25) is 0 Å². The SMILES string of the molecule is CCCCCCCCCCCCC(NC(N)=O)[SH](=O)=O. The Labute approximate surface area is 124 Å². The van der Waals surface area contributed by atoms with Crippen molar-refractivity contribution in [2.24, 2.45) is 5.73 Å². The minimum absolute atomic E-state index is 0.456. The normalized spacial score (nSPS) is 12.5. The lowest BCUT2D eigenvalue weighted by atomic mass is 10.1. The van der Waals surface area contributed by atoms with Crippen molar-refractivity contribution < 1.29 is 13.2 Å². The van der Waals surface area contributed by atoms with E-state index in [0.29, 0.717) is 6.42 Å². The molecule has 0 spiro atoms. The Balaban J connectivity index is 3.43. The van der Waals surface area contributed by atoms with Crippen LogP contribution in [0.1, 0.15) is 77.6 Å². The molecule has 0 aromatic rings. The number of amides is 2. The van der Waals surface area contributed by atoms with Gasteiger partial charge < -0.3 is 11.1 Å². The number of nitrogens with one attached hydrogen (secondary N) is 1. The van der Waals surface area contributed by atoms with Crippen LogP contribution in [0.4, 0.5) is 4.79 Å². The molecule has 0 aliphatic rings. The van der Waals surface area contributed by atoms with Gasteiger partial charge in [-0.2, -0.15) is 0 Å². The van der Waals surface area contributed by atoms with Crippen molar-refractivity contribution in [3.05, 3.63) is 0 Å². The predicted molar refractivity (Wildman–Crippen MR) is 83.3 cm³/mol. The van der Waals surface area contributed by atoms with E-state index in [0.717, 1.165) is 19.3 Å². The lowest BCUT2D eigenvalue weighted by Crippen LogP contribution is -2.39. The van der Waals surface area contributed by atoms with Crippen molar-refractivity contribution in [1.29, 1.82) is 0 Å². The molecule has 0 aliphatic heterocycles. The van der Waals surface area contributed by atoms with Gasteiger partial charge in [0.1, 0.15) is 5.37 Å². The van der Waals surface area contributed by atoms with Crippen molar-refractivity contribution in [1.82, 2.24) is 5.32 Å². The second kappa shape index (κ2) is 13.2. The molecule has 6 heteroatoms. The zero-order valence-corrected chi connectivity index (χ0v) is 13.5. The van der Waals surface area contributed by atoms with E-state index in [2.05, 4.69) is 12.2 Å². The van der Waals surface area contributed by atoms with Gasteiger partial charge in [0.05, 0.1) is 0 Å². The largest absolute Gasteiger partial charge is 0.352 e. The van der Waals surface area contributed by atoms with Crippen LogP contribution in [-0.4, -0.2) is 19.8 Å². The van der Waals surface area contributed by atoms with Crippen LogP contribution in [0.25, 0.3) is 0 Å². The Morgan fingerprint density at radius 2 is 1.40 bits per heavy atom. The van der Waals surface area contributed by atoms with Gasteiger partial charge in [-0.15, -0.1) is 0 Å². The summed E-state index contributed by atoms with van der Waals surface area (Å²) in [6.07, 6.45) is 12.5. The Bertz CT molecular complexity index is 312. The van der Waals surface area contributed by atoms with Crippen LogP contribution in [0.3, 0.4) is 0 Å². The van der Waals surface area contributed by atoms with Gasteiger partial charge >= 0.3 is 6.03 Å². The van der Waals surface area contributed by atoms with E-state index in [-0.39, 0.29) is 0 Å². The third-order valence-electron chi connectivity index (χ3n) is 3.39. The van der Waals surface area contributed by atoms with Crippen molar-refractivity contribution in [2.45, 2.75) is 82.9 Å². The summed E-state index contributed by atoms with van der Waals surface area (Å²) in [5, 5.41) is 1.44. The number of primary amides is 1. The molecule has 1 unspecified atom stereocenters. The van der Waals surface area contributed by atoms with Gasteiger partial charge in [-0.25, -0.2) is 13.2 Å². The second-order valence-corrected chi connectivity index (χ2v) is 6.47. The third-order valence-corrected chi connectivity index (χ3v) is 4.29. The highest BCUT2D eigenvalue weighted by molar-refractivity contribution is 7.73. The highest BCUT2D eigenvalue weighted by Crippen LogP contribution is 2.12. The van der Waals surface area contributed by atoms with E-state index in [1.807, 2.05) is 0 Å². The summed E-state index contributed by atoms with van der Waals surface area (Å²) in [6, 6.07) is -0.777. The van der Waals surface area contributed by atoms with E-state index in [1.54, 1.807) is 0 Å². The summed E-state index contributed by atoms with van der Waals surface area (Å²) < 4.78 is 21.8. The van der Waals surface area contributed by atoms with Crippen LogP contribution in [0.2, 0.25) is 0 Å². The summed E-state index contributed by atoms with van der Waals surface area (Å²) in [6.45, 7) is 2.22. The Morgan fingerprint density at radius 1 is 0.950 bits per heavy atom. The molecule has 0 aromatic heterocycles. The molecule has 0 aromatic carbocycles. The number of nitrogens with two attached hydrogens (primary N) is 1. The first kappa shape index (κ1) is 19.2. The number of carbonyl (C=O) groups is 1. The average molecular weight is 306 g/mol. The summed E-state index contributed by atoms with van der Waals surface area (Å²) in [4.78, 5) is 10.6. The van der Waals surface area contributed by atoms with E-state index in [9.17, 15) is 13.2 Å². The molecule has 5 nitrogen and oxygen atoms in total. The molecule has 3 N–H and O–H groups in total. The van der Waals surface area contributed by atoms with E-state index in [4.69, 9.17) is 5.73 Å². The number of carbonyl (C=O) groups excluding carboxylic acids is 1. The third kappa shape index (κ3) is 12.3. The van der Waals surface area contributed by atoms with Crippen molar-refractivity contribution in [3.8, 4) is 0 Å². The molecule has 0 fully saturated rings. The minimum Gasteiger partial charge on any atom is -0.352 e. The fourth-order valence-corrected chi connectivity index (χ4v) is 2.85. The highest BCUT2D eigenvalue weighted by atomic mass is 32.2. The summed E-state index contributed by atoms with van der Waals surface area (Å²) in [5.74, 6) is 0. The molecule has 120 valence electrons. The fraction of sp³-hybridized carbons (Fsp3) is 0.929. The van der Waals surface area contributed by atoms with Gasteiger partial charge in [0.2, 0.25) is 0 Å². The van der Waals surface area contributed by atoms with Gasteiger partial charge in [0.15, 0.2) is 10.7 Å². The number of rotatable bonds is 13. The standard InChI is InChI=1S/C14H30N2O3S/c1-2-3-4-5-6-7-8-9-10-11-12-13(20(18)19)16-14(15)17/h13,20H,2-12H2,1H3,(H3,15,16,17). The maximum Gasteiger partial charge on any atom is 0.313 e. The smallest absolute Gasteiger partial charge is 0.313 e. The molecular formula is C14H30N2O3S. The maximum atomic E-state index is 10.9. The molecule has 0 radical (unpaired) electrons. The maximum absolute atomic E-state index is 10.9. The van der Waals surface area contributed by atoms with Gasteiger partial charge in [0.25, 0.3) is 0 Å². The molecule has 2 amide bonds. The summed E-state index contributed by atoms with van der Waals surface area (Å²) in [5.41, 5.74) is 4.93. The van der Waals surface area contributed by atoms with Crippen LogP contribution >= 0.6 is 0 Å². The first-order valence-corrected chi connectivity index (χ1v) is 9.02. The fourth-order valence-electron chi connectivity index (χ4n) is 2.22. The van der Waals surface area contributed by atoms with E-state index >= 15 is 0 Å². The highest BCUT2D eigenvalue weighted by Gasteiger charge is 2.12. The molecule has 0 heterocycles. The molecular weight excluding hydrogens is 276 g/mol. The predicted octanol–water partition coefficient (Wildman–Crippen LogP) is 2.90. The van der Waals surface area contributed by atoms with Crippen LogP contribution < -0.4 is 11.1 Å². The molecule has 0 saturated carbocycles.